The van der Waals surface area contributed by atoms with Gasteiger partial charge in [0.15, 0.2) is 0 Å². The fourth-order valence-corrected chi connectivity index (χ4v) is 3.11. The zero-order valence-electron chi connectivity index (χ0n) is 7.27. The van der Waals surface area contributed by atoms with Crippen LogP contribution in [-0.4, -0.2) is 12.3 Å². The minimum atomic E-state index is 0.562. The van der Waals surface area contributed by atoms with Gasteiger partial charge in [-0.05, 0) is 24.3 Å². The Kier molecular flexibility index (Phi) is 1.65. The summed E-state index contributed by atoms with van der Waals surface area (Å²) in [5, 5.41) is 6.30. The molecule has 2 nitrogen and oxygen atoms in total. The molecule has 0 aromatic carbocycles. The second-order valence-corrected chi connectivity index (χ2v) is 4.63. The van der Waals surface area contributed by atoms with Gasteiger partial charge in [0.2, 0.25) is 0 Å². The first-order chi connectivity index (χ1) is 6.45. The normalized spacial score (nSPS) is 31.2. The van der Waals surface area contributed by atoms with Crippen molar-refractivity contribution in [1.29, 1.82) is 0 Å². The Morgan fingerprint density at radius 3 is 3.31 bits per heavy atom. The molecule has 2 atom stereocenters. The van der Waals surface area contributed by atoms with Gasteiger partial charge in [-0.3, -0.25) is 0 Å². The van der Waals surface area contributed by atoms with Crippen LogP contribution in [0.25, 0.3) is 0 Å². The molecule has 0 spiro atoms. The van der Waals surface area contributed by atoms with Gasteiger partial charge in [-0.25, -0.2) is 0 Å². The zero-order valence-corrected chi connectivity index (χ0v) is 8.09. The van der Waals surface area contributed by atoms with E-state index in [1.165, 1.54) is 23.4 Å². The molecule has 1 aliphatic carbocycles. The van der Waals surface area contributed by atoms with Crippen molar-refractivity contribution in [1.82, 2.24) is 0 Å². The third-order valence-electron chi connectivity index (χ3n) is 2.91. The van der Waals surface area contributed by atoms with Crippen LogP contribution in [0, 0.1) is 5.92 Å². The van der Waals surface area contributed by atoms with Gasteiger partial charge >= 0.3 is 0 Å². The van der Waals surface area contributed by atoms with E-state index in [1.54, 1.807) is 0 Å². The average molecular weight is 193 g/mol. The van der Waals surface area contributed by atoms with Gasteiger partial charge in [0.05, 0.1) is 5.71 Å². The van der Waals surface area contributed by atoms with Gasteiger partial charge in [-0.15, -0.1) is 11.3 Å². The van der Waals surface area contributed by atoms with Crippen molar-refractivity contribution >= 4 is 17.0 Å². The Bertz CT molecular complexity index is 331. The lowest BCUT2D eigenvalue weighted by Gasteiger charge is -2.05. The number of hydrogen-bond acceptors (Lipinski definition) is 3. The highest BCUT2D eigenvalue weighted by Gasteiger charge is 2.37. The van der Waals surface area contributed by atoms with E-state index in [2.05, 4.69) is 22.7 Å². The van der Waals surface area contributed by atoms with E-state index in [9.17, 15) is 0 Å². The van der Waals surface area contributed by atoms with Crippen molar-refractivity contribution in [2.75, 3.05) is 6.61 Å². The van der Waals surface area contributed by atoms with E-state index in [1.807, 2.05) is 11.3 Å². The van der Waals surface area contributed by atoms with Crippen LogP contribution in [0.2, 0.25) is 0 Å². The maximum Gasteiger partial charge on any atom is 0.125 e. The number of fused-ring (bicyclic) bond motifs is 1. The minimum Gasteiger partial charge on any atom is -0.395 e. The molecule has 0 saturated heterocycles. The maximum absolute atomic E-state index is 5.13. The summed E-state index contributed by atoms with van der Waals surface area (Å²) in [5.74, 6) is 1.18. The quantitative estimate of drug-likeness (QED) is 0.672. The van der Waals surface area contributed by atoms with E-state index in [0.717, 1.165) is 6.61 Å². The van der Waals surface area contributed by atoms with Crippen LogP contribution in [0.3, 0.4) is 0 Å². The minimum absolute atomic E-state index is 0.562. The summed E-state index contributed by atoms with van der Waals surface area (Å²) in [6, 6.07) is 4.32. The molecule has 1 aromatic rings. The Balaban J connectivity index is 1.94. The second-order valence-electron chi connectivity index (χ2n) is 3.65. The van der Waals surface area contributed by atoms with Crippen molar-refractivity contribution < 1.29 is 4.84 Å². The fourth-order valence-electron chi connectivity index (χ4n) is 2.23. The smallest absolute Gasteiger partial charge is 0.125 e. The number of thiophene rings is 1. The first kappa shape index (κ1) is 7.56. The fraction of sp³-hybridized carbons (Fsp3) is 0.500. The second kappa shape index (κ2) is 2.84. The summed E-state index contributed by atoms with van der Waals surface area (Å²) in [7, 11) is 0. The van der Waals surface area contributed by atoms with Crippen LogP contribution >= 0.6 is 11.3 Å². The Morgan fingerprint density at radius 1 is 1.46 bits per heavy atom. The molecule has 0 bridgehead atoms. The number of rotatable bonds is 1. The highest BCUT2D eigenvalue weighted by atomic mass is 32.1. The predicted octanol–water partition coefficient (Wildman–Crippen LogP) is 2.63. The van der Waals surface area contributed by atoms with Crippen LogP contribution in [0.1, 0.15) is 23.6 Å². The van der Waals surface area contributed by atoms with Crippen molar-refractivity contribution in [3.8, 4) is 0 Å². The van der Waals surface area contributed by atoms with E-state index in [-0.39, 0.29) is 0 Å². The van der Waals surface area contributed by atoms with Crippen LogP contribution < -0.4 is 0 Å². The Hall–Kier alpha value is -0.830. The molecule has 13 heavy (non-hydrogen) atoms. The molecule has 1 saturated carbocycles. The van der Waals surface area contributed by atoms with E-state index in [4.69, 9.17) is 4.84 Å². The highest BCUT2D eigenvalue weighted by molar-refractivity contribution is 7.10. The molecule has 1 aromatic heterocycles. The lowest BCUT2D eigenvalue weighted by atomic mass is 10.0. The molecule has 0 N–H and O–H groups in total. The summed E-state index contributed by atoms with van der Waals surface area (Å²) >= 11 is 1.83. The number of hydrogen-bond donors (Lipinski definition) is 0. The third-order valence-corrected chi connectivity index (χ3v) is 3.90. The van der Waals surface area contributed by atoms with Crippen LogP contribution in [0.15, 0.2) is 22.7 Å². The van der Waals surface area contributed by atoms with Crippen molar-refractivity contribution in [2.24, 2.45) is 11.1 Å². The molecule has 1 fully saturated rings. The summed E-state index contributed by atoms with van der Waals surface area (Å²) in [4.78, 5) is 6.58. The summed E-state index contributed by atoms with van der Waals surface area (Å²) in [5.41, 5.74) is 1.29. The van der Waals surface area contributed by atoms with E-state index < -0.39 is 0 Å². The van der Waals surface area contributed by atoms with E-state index in [0.29, 0.717) is 11.8 Å². The zero-order chi connectivity index (χ0) is 8.67. The molecular formula is C10H11NOS. The van der Waals surface area contributed by atoms with Crippen LogP contribution in [0.5, 0.6) is 0 Å². The molecule has 3 rings (SSSR count). The van der Waals surface area contributed by atoms with Crippen LogP contribution in [-0.2, 0) is 4.84 Å². The third kappa shape index (κ3) is 1.10. The molecule has 2 heterocycles. The van der Waals surface area contributed by atoms with E-state index >= 15 is 0 Å². The molecule has 2 aliphatic rings. The highest BCUT2D eigenvalue weighted by Crippen LogP contribution is 2.40. The molecule has 0 amide bonds. The van der Waals surface area contributed by atoms with Gasteiger partial charge in [-0.2, -0.15) is 0 Å². The first-order valence-corrected chi connectivity index (χ1v) is 5.56. The van der Waals surface area contributed by atoms with Crippen molar-refractivity contribution in [2.45, 2.75) is 18.8 Å². The lowest BCUT2D eigenvalue weighted by molar-refractivity contribution is 0.151. The van der Waals surface area contributed by atoms with Gasteiger partial charge < -0.3 is 4.84 Å². The van der Waals surface area contributed by atoms with Gasteiger partial charge in [0.25, 0.3) is 0 Å². The van der Waals surface area contributed by atoms with Crippen molar-refractivity contribution in [3.05, 3.63) is 22.4 Å². The Labute approximate surface area is 81.2 Å². The molecule has 3 heteroatoms. The molecular weight excluding hydrogens is 182 g/mol. The summed E-state index contributed by atoms with van der Waals surface area (Å²) < 4.78 is 0. The largest absolute Gasteiger partial charge is 0.395 e. The maximum atomic E-state index is 5.13. The van der Waals surface area contributed by atoms with Gasteiger partial charge in [-0.1, -0.05) is 11.2 Å². The molecule has 0 radical (unpaired) electrons. The van der Waals surface area contributed by atoms with Crippen molar-refractivity contribution in [3.63, 3.8) is 0 Å². The summed E-state index contributed by atoms with van der Waals surface area (Å²) in [6.07, 6.45) is 2.51. The Morgan fingerprint density at radius 2 is 2.46 bits per heavy atom. The topological polar surface area (TPSA) is 21.6 Å². The molecule has 1 aliphatic heterocycles. The predicted molar refractivity (Wildman–Crippen MR) is 53.2 cm³/mol. The molecule has 0 unspecified atom stereocenters. The standard InChI is InChI=1S/C10H11NOS/c1-2-9(13-5-1)8-4-3-7-6-12-11-10(7)8/h1-2,5,7-8H,3-4,6H2/t7-,8+/m1/s1. The number of nitrogens with zero attached hydrogens (tertiary/aromatic N) is 1. The lowest BCUT2D eigenvalue weighted by Crippen LogP contribution is -2.09. The number of oxime groups is 1. The molecule has 68 valence electrons. The van der Waals surface area contributed by atoms with Gasteiger partial charge in [0.1, 0.15) is 6.61 Å². The monoisotopic (exact) mass is 193 g/mol. The average Bonchev–Trinajstić information content (AvgIpc) is 2.79. The first-order valence-electron chi connectivity index (χ1n) is 4.68. The van der Waals surface area contributed by atoms with Crippen LogP contribution in [0.4, 0.5) is 0 Å². The summed E-state index contributed by atoms with van der Waals surface area (Å²) in [6.45, 7) is 0.817. The SMILES string of the molecule is c1csc([C@@H]2CC[C@@H]3CON=C32)c1. The van der Waals surface area contributed by atoms with Gasteiger partial charge in [0, 0.05) is 16.7 Å².